The molecular formula is C25H34N2O6S. The zero-order valence-corrected chi connectivity index (χ0v) is 21.5. The Labute approximate surface area is 202 Å². The predicted octanol–water partition coefficient (Wildman–Crippen LogP) is 3.61. The van der Waals surface area contributed by atoms with Gasteiger partial charge in [-0.15, -0.1) is 0 Å². The smallest absolute Gasteiger partial charge is 0.243 e. The minimum atomic E-state index is -3.58. The molecule has 9 heteroatoms. The van der Waals surface area contributed by atoms with Gasteiger partial charge >= 0.3 is 0 Å². The monoisotopic (exact) mass is 490 g/mol. The Morgan fingerprint density at radius 2 is 1.56 bits per heavy atom. The first-order valence-electron chi connectivity index (χ1n) is 11.3. The van der Waals surface area contributed by atoms with Gasteiger partial charge in [0.25, 0.3) is 0 Å². The van der Waals surface area contributed by atoms with Crippen LogP contribution >= 0.6 is 0 Å². The SMILES string of the molecule is COc1cc(C(C)NC(=O)C2CCN(S(=O)(=O)c3ccc(C)c(C)c3)CC2)cc(OC)c1OC. The Hall–Kier alpha value is -2.78. The minimum absolute atomic E-state index is 0.0931. The van der Waals surface area contributed by atoms with E-state index in [0.29, 0.717) is 48.1 Å². The predicted molar refractivity (Wildman–Crippen MR) is 130 cm³/mol. The molecule has 1 saturated heterocycles. The van der Waals surface area contributed by atoms with Crippen LogP contribution in [0.25, 0.3) is 0 Å². The van der Waals surface area contributed by atoms with Crippen LogP contribution in [-0.2, 0) is 14.8 Å². The van der Waals surface area contributed by atoms with E-state index in [1.54, 1.807) is 26.4 Å². The molecule has 2 aromatic rings. The first-order valence-corrected chi connectivity index (χ1v) is 12.7. The molecule has 1 fully saturated rings. The van der Waals surface area contributed by atoms with Gasteiger partial charge in [0.1, 0.15) is 0 Å². The van der Waals surface area contributed by atoms with Gasteiger partial charge in [0.2, 0.25) is 21.7 Å². The number of hydrogen-bond donors (Lipinski definition) is 1. The number of sulfonamides is 1. The zero-order valence-electron chi connectivity index (χ0n) is 20.7. The summed E-state index contributed by atoms with van der Waals surface area (Å²) >= 11 is 0. The summed E-state index contributed by atoms with van der Waals surface area (Å²) in [5, 5.41) is 3.05. The summed E-state index contributed by atoms with van der Waals surface area (Å²) in [4.78, 5) is 13.3. The Morgan fingerprint density at radius 3 is 2.06 bits per heavy atom. The average molecular weight is 491 g/mol. The molecule has 1 amide bonds. The molecule has 1 heterocycles. The highest BCUT2D eigenvalue weighted by molar-refractivity contribution is 7.89. The lowest BCUT2D eigenvalue weighted by Crippen LogP contribution is -2.43. The molecule has 186 valence electrons. The summed E-state index contributed by atoms with van der Waals surface area (Å²) in [5.41, 5.74) is 2.81. The van der Waals surface area contributed by atoms with Gasteiger partial charge in [0.05, 0.1) is 32.3 Å². The van der Waals surface area contributed by atoms with Crippen molar-refractivity contribution in [3.63, 3.8) is 0 Å². The number of carbonyl (C=O) groups excluding carboxylic acids is 1. The van der Waals surface area contributed by atoms with Crippen LogP contribution in [0.2, 0.25) is 0 Å². The Bertz CT molecular complexity index is 1120. The van der Waals surface area contributed by atoms with E-state index < -0.39 is 10.0 Å². The number of amides is 1. The highest BCUT2D eigenvalue weighted by Crippen LogP contribution is 2.39. The van der Waals surface area contributed by atoms with Crippen molar-refractivity contribution in [1.29, 1.82) is 0 Å². The van der Waals surface area contributed by atoms with Crippen LogP contribution in [0, 0.1) is 19.8 Å². The second kappa shape index (κ2) is 10.7. The van der Waals surface area contributed by atoms with Gasteiger partial charge in [-0.05, 0) is 74.6 Å². The second-order valence-corrected chi connectivity index (χ2v) is 10.6. The van der Waals surface area contributed by atoms with E-state index >= 15 is 0 Å². The van der Waals surface area contributed by atoms with Crippen molar-refractivity contribution in [2.45, 2.75) is 44.6 Å². The van der Waals surface area contributed by atoms with E-state index in [0.717, 1.165) is 16.7 Å². The van der Waals surface area contributed by atoms with Crippen LogP contribution in [0.1, 0.15) is 42.5 Å². The Morgan fingerprint density at radius 1 is 0.971 bits per heavy atom. The van der Waals surface area contributed by atoms with Crippen molar-refractivity contribution in [1.82, 2.24) is 9.62 Å². The van der Waals surface area contributed by atoms with Gasteiger partial charge < -0.3 is 19.5 Å². The number of nitrogens with one attached hydrogen (secondary N) is 1. The summed E-state index contributed by atoms with van der Waals surface area (Å²) in [6.45, 7) is 6.37. The van der Waals surface area contributed by atoms with E-state index in [-0.39, 0.29) is 17.9 Å². The lowest BCUT2D eigenvalue weighted by atomic mass is 9.96. The quantitative estimate of drug-likeness (QED) is 0.608. The van der Waals surface area contributed by atoms with Crippen LogP contribution in [-0.4, -0.2) is 53.0 Å². The summed E-state index contributed by atoms with van der Waals surface area (Å²) in [7, 11) is 1.05. The normalized spacial score (nSPS) is 16.1. The number of hydrogen-bond acceptors (Lipinski definition) is 6. The van der Waals surface area contributed by atoms with Crippen molar-refractivity contribution in [3.8, 4) is 17.2 Å². The topological polar surface area (TPSA) is 94.2 Å². The van der Waals surface area contributed by atoms with E-state index in [2.05, 4.69) is 5.32 Å². The molecule has 1 atom stereocenters. The zero-order chi connectivity index (χ0) is 25.0. The molecular weight excluding hydrogens is 456 g/mol. The fraction of sp³-hybridized carbons (Fsp3) is 0.480. The number of aryl methyl sites for hydroxylation is 2. The van der Waals surface area contributed by atoms with Gasteiger partial charge in [-0.1, -0.05) is 6.07 Å². The third kappa shape index (κ3) is 5.31. The van der Waals surface area contributed by atoms with Crippen LogP contribution in [0.3, 0.4) is 0 Å². The Balaban J connectivity index is 1.65. The fourth-order valence-electron chi connectivity index (χ4n) is 4.15. The van der Waals surface area contributed by atoms with E-state index in [4.69, 9.17) is 14.2 Å². The summed E-state index contributed by atoms with van der Waals surface area (Å²) in [6.07, 6.45) is 0.940. The number of piperidine rings is 1. The van der Waals surface area contributed by atoms with Crippen LogP contribution in [0.15, 0.2) is 35.2 Å². The first-order chi connectivity index (χ1) is 16.1. The lowest BCUT2D eigenvalue weighted by Gasteiger charge is -2.31. The maximum atomic E-state index is 13.1. The van der Waals surface area contributed by atoms with Gasteiger partial charge in [0, 0.05) is 19.0 Å². The average Bonchev–Trinajstić information content (AvgIpc) is 2.84. The van der Waals surface area contributed by atoms with E-state index in [1.807, 2.05) is 39.0 Å². The van der Waals surface area contributed by atoms with Gasteiger partial charge in [-0.25, -0.2) is 8.42 Å². The molecule has 0 saturated carbocycles. The molecule has 0 bridgehead atoms. The lowest BCUT2D eigenvalue weighted by molar-refractivity contribution is -0.126. The fourth-order valence-corrected chi connectivity index (χ4v) is 5.70. The number of carbonyl (C=O) groups is 1. The number of ether oxygens (including phenoxy) is 3. The molecule has 2 aromatic carbocycles. The molecule has 0 radical (unpaired) electrons. The molecule has 8 nitrogen and oxygen atoms in total. The third-order valence-corrected chi connectivity index (χ3v) is 8.38. The Kier molecular flexibility index (Phi) is 8.09. The highest BCUT2D eigenvalue weighted by Gasteiger charge is 2.32. The van der Waals surface area contributed by atoms with Crippen molar-refractivity contribution in [2.75, 3.05) is 34.4 Å². The first kappa shape index (κ1) is 25.8. The number of rotatable bonds is 8. The van der Waals surface area contributed by atoms with Crippen LogP contribution in [0.5, 0.6) is 17.2 Å². The van der Waals surface area contributed by atoms with Gasteiger partial charge in [-0.2, -0.15) is 4.31 Å². The summed E-state index contributed by atoms with van der Waals surface area (Å²) in [6, 6.07) is 8.51. The molecule has 1 N–H and O–H groups in total. The molecule has 0 aromatic heterocycles. The van der Waals surface area contributed by atoms with Crippen molar-refractivity contribution < 1.29 is 27.4 Å². The molecule has 1 aliphatic rings. The summed E-state index contributed by atoms with van der Waals surface area (Å²) < 4.78 is 43.8. The van der Waals surface area contributed by atoms with Crippen LogP contribution in [0.4, 0.5) is 0 Å². The highest BCUT2D eigenvalue weighted by atomic mass is 32.2. The molecule has 1 unspecified atom stereocenters. The number of methoxy groups -OCH3 is 3. The molecule has 0 aliphatic carbocycles. The van der Waals surface area contributed by atoms with Gasteiger partial charge in [-0.3, -0.25) is 4.79 Å². The standard InChI is InChI=1S/C25H34N2O6S/c1-16-7-8-21(13-17(16)2)34(29,30)27-11-9-19(10-12-27)25(28)26-18(3)20-14-22(31-4)24(33-6)23(15-20)32-5/h7-8,13-15,18-19H,9-12H2,1-6H3,(H,26,28). The third-order valence-electron chi connectivity index (χ3n) is 6.49. The largest absolute Gasteiger partial charge is 0.493 e. The molecule has 0 spiro atoms. The molecule has 3 rings (SSSR count). The van der Waals surface area contributed by atoms with E-state index in [1.165, 1.54) is 11.4 Å². The summed E-state index contributed by atoms with van der Waals surface area (Å²) in [5.74, 6) is 1.18. The molecule has 1 aliphatic heterocycles. The van der Waals surface area contributed by atoms with Crippen molar-refractivity contribution in [2.24, 2.45) is 5.92 Å². The van der Waals surface area contributed by atoms with E-state index in [9.17, 15) is 13.2 Å². The second-order valence-electron chi connectivity index (χ2n) is 8.61. The van der Waals surface area contributed by atoms with Crippen LogP contribution < -0.4 is 19.5 Å². The maximum absolute atomic E-state index is 13.1. The van der Waals surface area contributed by atoms with Crippen molar-refractivity contribution in [3.05, 3.63) is 47.0 Å². The molecule has 34 heavy (non-hydrogen) atoms. The minimum Gasteiger partial charge on any atom is -0.493 e. The van der Waals surface area contributed by atoms with Gasteiger partial charge in [0.15, 0.2) is 11.5 Å². The number of benzene rings is 2. The maximum Gasteiger partial charge on any atom is 0.243 e. The number of nitrogens with zero attached hydrogens (tertiary/aromatic N) is 1. The van der Waals surface area contributed by atoms with Crippen molar-refractivity contribution >= 4 is 15.9 Å².